The number of thioether (sulfide) groups is 1. The van der Waals surface area contributed by atoms with E-state index in [-0.39, 0.29) is 10.0 Å². The van der Waals surface area contributed by atoms with E-state index in [2.05, 4.69) is 0 Å². The van der Waals surface area contributed by atoms with Gasteiger partial charge in [-0.3, -0.25) is 9.59 Å². The highest BCUT2D eigenvalue weighted by Gasteiger charge is 2.35. The number of carbonyl (C=O) groups excluding carboxylic acids is 2. The molecule has 1 heterocycles. The average Bonchev–Trinajstić information content (AvgIpc) is 2.48. The zero-order valence-electron chi connectivity index (χ0n) is 7.51. The maximum Gasteiger partial charge on any atom is 0.322 e. The summed E-state index contributed by atoms with van der Waals surface area (Å²) in [7, 11) is 0. The van der Waals surface area contributed by atoms with Crippen LogP contribution in [0.25, 0.3) is 6.08 Å². The van der Waals surface area contributed by atoms with E-state index in [4.69, 9.17) is 0 Å². The van der Waals surface area contributed by atoms with Crippen molar-refractivity contribution >= 4 is 29.0 Å². The van der Waals surface area contributed by atoms with Crippen molar-refractivity contribution in [3.05, 3.63) is 40.8 Å². The molecule has 2 amide bonds. The molecular formula is C10H6FNO2S. The van der Waals surface area contributed by atoms with Gasteiger partial charge in [-0.1, -0.05) is 39.9 Å². The molecule has 3 nitrogen and oxygen atoms in total. The first-order valence-electron chi connectivity index (χ1n) is 4.17. The third-order valence-electron chi connectivity index (χ3n) is 1.84. The minimum Gasteiger partial charge on any atom is -0.265 e. The van der Waals surface area contributed by atoms with E-state index in [9.17, 15) is 14.1 Å². The van der Waals surface area contributed by atoms with Crippen LogP contribution in [0.5, 0.6) is 0 Å². The SMILES string of the molecule is O=C1SC(=Cc2ccccc2)C(=O)N1F. The Morgan fingerprint density at radius 2 is 1.87 bits per heavy atom. The topological polar surface area (TPSA) is 37.4 Å². The third kappa shape index (κ3) is 1.92. The molecule has 1 aliphatic rings. The second kappa shape index (κ2) is 3.86. The number of carbonyl (C=O) groups is 2. The molecule has 0 spiro atoms. The molecule has 0 aliphatic carbocycles. The predicted octanol–water partition coefficient (Wildman–Crippen LogP) is 2.61. The van der Waals surface area contributed by atoms with Crippen LogP contribution in [0.15, 0.2) is 35.2 Å². The molecule has 1 aromatic rings. The Kier molecular flexibility index (Phi) is 2.55. The molecule has 1 fully saturated rings. The largest absolute Gasteiger partial charge is 0.322 e. The summed E-state index contributed by atoms with van der Waals surface area (Å²) >= 11 is 0.600. The predicted molar refractivity (Wildman–Crippen MR) is 55.4 cm³/mol. The maximum atomic E-state index is 12.7. The summed E-state index contributed by atoms with van der Waals surface area (Å²) in [5.74, 6) is -0.895. The summed E-state index contributed by atoms with van der Waals surface area (Å²) in [5.41, 5.74) is 0.761. The Labute approximate surface area is 89.5 Å². The van der Waals surface area contributed by atoms with Gasteiger partial charge in [-0.25, -0.2) is 0 Å². The van der Waals surface area contributed by atoms with Gasteiger partial charge in [0.25, 0.3) is 5.91 Å². The van der Waals surface area contributed by atoms with Crippen molar-refractivity contribution in [2.75, 3.05) is 0 Å². The minimum absolute atomic E-state index is 0.105. The van der Waals surface area contributed by atoms with Crippen LogP contribution < -0.4 is 0 Å². The number of nitrogens with zero attached hydrogens (tertiary/aromatic N) is 1. The fraction of sp³-hybridized carbons (Fsp3) is 0. The van der Waals surface area contributed by atoms with E-state index in [1.54, 1.807) is 24.3 Å². The molecule has 0 atom stereocenters. The molecule has 76 valence electrons. The van der Waals surface area contributed by atoms with Gasteiger partial charge in [-0.15, -0.1) is 0 Å². The Morgan fingerprint density at radius 1 is 1.20 bits per heavy atom. The van der Waals surface area contributed by atoms with Gasteiger partial charge in [0.05, 0.1) is 4.91 Å². The fourth-order valence-corrected chi connectivity index (χ4v) is 1.86. The van der Waals surface area contributed by atoms with Gasteiger partial charge in [0, 0.05) is 0 Å². The van der Waals surface area contributed by atoms with E-state index >= 15 is 0 Å². The van der Waals surface area contributed by atoms with Crippen LogP contribution in [-0.4, -0.2) is 16.3 Å². The Hall–Kier alpha value is -1.62. The highest BCUT2D eigenvalue weighted by atomic mass is 32.2. The molecule has 5 heteroatoms. The molecule has 1 aromatic carbocycles. The molecular weight excluding hydrogens is 217 g/mol. The summed E-state index contributed by atoms with van der Waals surface area (Å²) in [6.45, 7) is 0. The van der Waals surface area contributed by atoms with Crippen molar-refractivity contribution in [2.45, 2.75) is 0 Å². The smallest absolute Gasteiger partial charge is 0.265 e. The number of imide groups is 1. The first-order chi connectivity index (χ1) is 7.18. The van der Waals surface area contributed by atoms with Gasteiger partial charge in [0.2, 0.25) is 0 Å². The summed E-state index contributed by atoms with van der Waals surface area (Å²) in [6.07, 6.45) is 1.49. The van der Waals surface area contributed by atoms with E-state index in [0.717, 1.165) is 5.56 Å². The third-order valence-corrected chi connectivity index (χ3v) is 2.69. The number of amides is 2. The Morgan fingerprint density at radius 3 is 2.40 bits per heavy atom. The van der Waals surface area contributed by atoms with Crippen LogP contribution in [0.3, 0.4) is 0 Å². The van der Waals surface area contributed by atoms with Crippen LogP contribution in [0.4, 0.5) is 9.28 Å². The van der Waals surface area contributed by atoms with Crippen LogP contribution in [-0.2, 0) is 4.79 Å². The van der Waals surface area contributed by atoms with Crippen LogP contribution in [0.1, 0.15) is 5.56 Å². The highest BCUT2D eigenvalue weighted by molar-refractivity contribution is 8.18. The van der Waals surface area contributed by atoms with E-state index in [1.165, 1.54) is 6.08 Å². The molecule has 15 heavy (non-hydrogen) atoms. The normalized spacial score (nSPS) is 19.0. The molecule has 0 radical (unpaired) electrons. The minimum atomic E-state index is -0.895. The summed E-state index contributed by atoms with van der Waals surface area (Å²) in [6, 6.07) is 8.97. The van der Waals surface area contributed by atoms with Gasteiger partial charge in [0.15, 0.2) is 0 Å². The van der Waals surface area contributed by atoms with Gasteiger partial charge in [-0.05, 0) is 23.4 Å². The second-order valence-electron chi connectivity index (χ2n) is 2.87. The molecule has 0 saturated carbocycles. The fourth-order valence-electron chi connectivity index (χ4n) is 1.15. The van der Waals surface area contributed by atoms with Crippen molar-refractivity contribution in [2.24, 2.45) is 0 Å². The van der Waals surface area contributed by atoms with E-state index < -0.39 is 11.1 Å². The summed E-state index contributed by atoms with van der Waals surface area (Å²) in [5, 5.41) is -1.26. The lowest BCUT2D eigenvalue weighted by Gasteiger charge is -1.95. The standard InChI is InChI=1S/C10H6FNO2S/c11-12-9(13)8(15-10(12)14)6-7-4-2-1-3-5-7/h1-6H. The Bertz CT molecular complexity index is 444. The van der Waals surface area contributed by atoms with Gasteiger partial charge >= 0.3 is 5.24 Å². The first-order valence-corrected chi connectivity index (χ1v) is 4.99. The second-order valence-corrected chi connectivity index (χ2v) is 3.87. The lowest BCUT2D eigenvalue weighted by Crippen LogP contribution is -2.17. The van der Waals surface area contributed by atoms with Crippen LogP contribution in [0.2, 0.25) is 0 Å². The van der Waals surface area contributed by atoms with Crippen LogP contribution >= 0.6 is 11.8 Å². The van der Waals surface area contributed by atoms with Gasteiger partial charge in [0.1, 0.15) is 0 Å². The van der Waals surface area contributed by atoms with E-state index in [0.29, 0.717) is 11.8 Å². The average molecular weight is 223 g/mol. The maximum absolute atomic E-state index is 12.7. The lowest BCUT2D eigenvalue weighted by atomic mass is 10.2. The molecule has 0 bridgehead atoms. The number of rotatable bonds is 1. The van der Waals surface area contributed by atoms with Crippen molar-refractivity contribution in [3.63, 3.8) is 0 Å². The zero-order chi connectivity index (χ0) is 10.8. The number of halogens is 1. The molecule has 0 aromatic heterocycles. The molecule has 0 unspecified atom stereocenters. The van der Waals surface area contributed by atoms with Gasteiger partial charge < -0.3 is 0 Å². The Balaban J connectivity index is 2.30. The zero-order valence-corrected chi connectivity index (χ0v) is 8.33. The van der Waals surface area contributed by atoms with Crippen molar-refractivity contribution in [1.82, 2.24) is 5.12 Å². The van der Waals surface area contributed by atoms with Crippen molar-refractivity contribution in [3.8, 4) is 0 Å². The number of benzene rings is 1. The van der Waals surface area contributed by atoms with Crippen molar-refractivity contribution in [1.29, 1.82) is 0 Å². The number of hydrogen-bond donors (Lipinski definition) is 0. The lowest BCUT2D eigenvalue weighted by molar-refractivity contribution is -0.132. The monoisotopic (exact) mass is 223 g/mol. The quantitative estimate of drug-likeness (QED) is 0.542. The summed E-state index contributed by atoms with van der Waals surface area (Å²) in [4.78, 5) is 22.1. The van der Waals surface area contributed by atoms with E-state index in [1.807, 2.05) is 6.07 Å². The molecule has 2 rings (SSSR count). The molecule has 1 saturated heterocycles. The first kappa shape index (κ1) is 9.92. The molecule has 1 aliphatic heterocycles. The van der Waals surface area contributed by atoms with Crippen LogP contribution in [0, 0.1) is 0 Å². The highest BCUT2D eigenvalue weighted by Crippen LogP contribution is 2.32. The number of hydrogen-bond acceptors (Lipinski definition) is 3. The molecule has 0 N–H and O–H groups in total. The van der Waals surface area contributed by atoms with Gasteiger partial charge in [-0.2, -0.15) is 0 Å². The van der Waals surface area contributed by atoms with Crippen molar-refractivity contribution < 1.29 is 14.1 Å². The summed E-state index contributed by atoms with van der Waals surface area (Å²) < 4.78 is 12.7.